The summed E-state index contributed by atoms with van der Waals surface area (Å²) in [6.45, 7) is 12.3. The van der Waals surface area contributed by atoms with Crippen molar-refractivity contribution in [2.75, 3.05) is 14.2 Å². The summed E-state index contributed by atoms with van der Waals surface area (Å²) in [6.07, 6.45) is 28.5. The highest BCUT2D eigenvalue weighted by atomic mass is 16.5. The molecule has 2 saturated heterocycles. The molecule has 0 radical (unpaired) electrons. The molecule has 398 valence electrons. The summed E-state index contributed by atoms with van der Waals surface area (Å²) in [5, 5.41) is 5.69. The number of hydrogen-bond donors (Lipinski definition) is 4. The van der Waals surface area contributed by atoms with Crippen molar-refractivity contribution in [3.05, 3.63) is 95.0 Å². The van der Waals surface area contributed by atoms with E-state index < -0.39 is 24.3 Å². The number of methoxy groups -OCH3 is 2. The first kappa shape index (κ1) is 52.9. The molecule has 4 amide bonds. The molecule has 74 heavy (non-hydrogen) atoms. The zero-order chi connectivity index (χ0) is 52.2. The molecule has 9 rings (SSSR count). The molecular formula is C60H82N8O6. The van der Waals surface area contributed by atoms with Gasteiger partial charge in [0.05, 0.1) is 50.1 Å². The number of carbonyl (C=O) groups excluding carboxylic acids is 4. The van der Waals surface area contributed by atoms with Crippen LogP contribution in [0.15, 0.2) is 72.1 Å². The van der Waals surface area contributed by atoms with Gasteiger partial charge >= 0.3 is 12.2 Å². The van der Waals surface area contributed by atoms with Crippen LogP contribution in [0.1, 0.15) is 179 Å². The van der Waals surface area contributed by atoms with Crippen LogP contribution in [-0.4, -0.2) is 92.1 Å². The van der Waals surface area contributed by atoms with Gasteiger partial charge < -0.3 is 39.9 Å². The summed E-state index contributed by atoms with van der Waals surface area (Å²) >= 11 is 0. The van der Waals surface area contributed by atoms with Gasteiger partial charge in [-0.05, 0) is 140 Å². The molecule has 4 fully saturated rings. The van der Waals surface area contributed by atoms with Gasteiger partial charge in [0.25, 0.3) is 0 Å². The van der Waals surface area contributed by atoms with E-state index in [0.717, 1.165) is 131 Å². The number of carbonyl (C=O) groups is 4. The van der Waals surface area contributed by atoms with E-state index in [1.807, 2.05) is 45.0 Å². The van der Waals surface area contributed by atoms with Crippen molar-refractivity contribution in [2.24, 2.45) is 35.5 Å². The molecule has 1 aromatic carbocycles. The van der Waals surface area contributed by atoms with Crippen LogP contribution in [0, 0.1) is 35.5 Å². The molecule has 10 atom stereocenters. The number of aromatic amines is 2. The fourth-order valence-electron chi connectivity index (χ4n) is 13.6. The van der Waals surface area contributed by atoms with E-state index in [9.17, 15) is 19.2 Å². The maximum absolute atomic E-state index is 14.6. The van der Waals surface area contributed by atoms with Crippen LogP contribution in [0.3, 0.4) is 0 Å². The highest BCUT2D eigenvalue weighted by molar-refractivity contribution is 5.88. The van der Waals surface area contributed by atoms with E-state index in [-0.39, 0.29) is 53.7 Å². The Hall–Kier alpha value is -5.92. The van der Waals surface area contributed by atoms with E-state index in [1.54, 1.807) is 0 Å². The number of nitrogens with one attached hydrogen (secondary N) is 4. The lowest BCUT2D eigenvalue weighted by atomic mass is 9.75. The summed E-state index contributed by atoms with van der Waals surface area (Å²) < 4.78 is 9.89. The molecule has 6 aliphatic rings. The van der Waals surface area contributed by atoms with E-state index in [0.29, 0.717) is 17.8 Å². The molecule has 4 heterocycles. The summed E-state index contributed by atoms with van der Waals surface area (Å²) in [4.78, 5) is 75.6. The monoisotopic (exact) mass is 1010 g/mol. The van der Waals surface area contributed by atoms with Gasteiger partial charge in [0, 0.05) is 12.1 Å². The Kier molecular flexibility index (Phi) is 16.7. The maximum atomic E-state index is 14.6. The third kappa shape index (κ3) is 11.1. The predicted octanol–water partition coefficient (Wildman–Crippen LogP) is 12.2. The first-order valence-corrected chi connectivity index (χ1v) is 28.2. The maximum Gasteiger partial charge on any atom is 0.407 e. The van der Waals surface area contributed by atoms with E-state index in [1.165, 1.54) is 42.1 Å². The third-order valence-corrected chi connectivity index (χ3v) is 17.7. The van der Waals surface area contributed by atoms with Gasteiger partial charge in [0.15, 0.2) is 0 Å². The molecule has 4 N–H and O–H groups in total. The van der Waals surface area contributed by atoms with Crippen molar-refractivity contribution in [3.63, 3.8) is 0 Å². The van der Waals surface area contributed by atoms with Crippen LogP contribution in [0.25, 0.3) is 22.4 Å². The van der Waals surface area contributed by atoms with Crippen molar-refractivity contribution < 1.29 is 28.7 Å². The van der Waals surface area contributed by atoms with Crippen molar-refractivity contribution >= 4 is 35.1 Å². The Morgan fingerprint density at radius 2 is 1.23 bits per heavy atom. The van der Waals surface area contributed by atoms with Crippen molar-refractivity contribution in [1.82, 2.24) is 40.4 Å². The summed E-state index contributed by atoms with van der Waals surface area (Å²) in [5.41, 5.74) is 9.53. The molecule has 0 spiro atoms. The number of ether oxygens (including phenoxy) is 2. The molecule has 2 saturated carbocycles. The first-order chi connectivity index (χ1) is 35.8. The highest BCUT2D eigenvalue weighted by Gasteiger charge is 2.50. The summed E-state index contributed by atoms with van der Waals surface area (Å²) in [6, 6.07) is 7.30. The normalized spacial score (nSPS) is 26.6. The number of benzene rings is 1. The Morgan fingerprint density at radius 1 is 0.703 bits per heavy atom. The van der Waals surface area contributed by atoms with Gasteiger partial charge in [-0.3, -0.25) is 9.59 Å². The largest absolute Gasteiger partial charge is 0.453 e. The topological polar surface area (TPSA) is 175 Å². The number of H-pyrrole nitrogens is 2. The first-order valence-electron chi connectivity index (χ1n) is 28.2. The van der Waals surface area contributed by atoms with E-state index in [4.69, 9.17) is 19.4 Å². The van der Waals surface area contributed by atoms with Crippen LogP contribution in [0.4, 0.5) is 9.59 Å². The number of rotatable bonds is 16. The van der Waals surface area contributed by atoms with Gasteiger partial charge in [-0.1, -0.05) is 121 Å². The average Bonchev–Trinajstić information content (AvgIpc) is 4.26. The van der Waals surface area contributed by atoms with Gasteiger partial charge in [0.1, 0.15) is 23.7 Å². The number of nitrogens with zero attached hydrogens (tertiary/aromatic N) is 4. The SMILES string of the molecule is CCC1=CC[C@H](CC[C@H]2CC(c3ccc(-c4cnc([C@@H]5CC6CCCCC6N5C(=O)C(NC(=O)OC)C(C)C)[nH]4)cc3)=C(CC)C=C2c2cnc([C@@H]3CC4CCCCC4N3C(=O)C(NC(=O)OC)C(C)C)[nH]2)C=C1. The van der Waals surface area contributed by atoms with Crippen molar-refractivity contribution in [2.45, 2.75) is 181 Å². The molecule has 0 bridgehead atoms. The summed E-state index contributed by atoms with van der Waals surface area (Å²) in [5.74, 6) is 2.76. The Labute approximate surface area is 439 Å². The highest BCUT2D eigenvalue weighted by Crippen LogP contribution is 2.49. The van der Waals surface area contributed by atoms with Gasteiger partial charge in [0.2, 0.25) is 11.8 Å². The quantitative estimate of drug-likeness (QED) is 0.110. The number of imidazole rings is 2. The van der Waals surface area contributed by atoms with Gasteiger partial charge in [-0.25, -0.2) is 19.6 Å². The van der Waals surface area contributed by atoms with Crippen LogP contribution in [0.2, 0.25) is 0 Å². The summed E-state index contributed by atoms with van der Waals surface area (Å²) in [7, 11) is 2.67. The average molecular weight is 1010 g/mol. The van der Waals surface area contributed by atoms with Crippen LogP contribution < -0.4 is 10.6 Å². The zero-order valence-corrected chi connectivity index (χ0v) is 45.3. The molecule has 14 heteroatoms. The predicted molar refractivity (Wildman–Crippen MR) is 289 cm³/mol. The molecule has 3 aromatic rings. The molecule has 2 aromatic heterocycles. The fraction of sp³-hybridized carbons (Fsp3) is 0.600. The molecular weight excluding hydrogens is 929 g/mol. The minimum atomic E-state index is -0.698. The van der Waals surface area contributed by atoms with Crippen LogP contribution in [0.5, 0.6) is 0 Å². The molecule has 4 aliphatic carbocycles. The van der Waals surface area contributed by atoms with Crippen molar-refractivity contribution in [3.8, 4) is 11.3 Å². The van der Waals surface area contributed by atoms with E-state index in [2.05, 4.69) is 87.9 Å². The minimum absolute atomic E-state index is 0.0609. The minimum Gasteiger partial charge on any atom is -0.453 e. The molecule has 6 unspecified atom stereocenters. The van der Waals surface area contributed by atoms with Gasteiger partial charge in [-0.15, -0.1) is 0 Å². The number of amides is 4. The van der Waals surface area contributed by atoms with Crippen LogP contribution in [-0.2, 0) is 19.1 Å². The second-order valence-corrected chi connectivity index (χ2v) is 22.8. The lowest BCUT2D eigenvalue weighted by molar-refractivity contribution is -0.139. The van der Waals surface area contributed by atoms with Gasteiger partial charge in [-0.2, -0.15) is 0 Å². The second kappa shape index (κ2) is 23.3. The number of aromatic nitrogens is 4. The number of fused-ring (bicyclic) bond motifs is 2. The smallest absolute Gasteiger partial charge is 0.407 e. The molecule has 2 aliphatic heterocycles. The number of alkyl carbamates (subject to hydrolysis) is 2. The number of hydrogen-bond acceptors (Lipinski definition) is 8. The molecule has 14 nitrogen and oxygen atoms in total. The second-order valence-electron chi connectivity index (χ2n) is 22.8. The Balaban J connectivity index is 0.994. The fourth-order valence-corrected chi connectivity index (χ4v) is 13.6. The standard InChI is InChI=1S/C60H82N8O6/c1-9-37-19-21-38(22-20-37)23-24-42-30-45(39(10-2)29-46(42)48-34-62-56(64-48)52-32-44-16-12-14-18-50(44)68(52)58(70)54(36(5)6)66-60(72)74-8)40-25-27-41(28-26-40)47-33-61-55(63-47)51-31-43-15-11-13-17-49(43)67(51)57(69)53(35(3)4)65-59(71)73-7/h19-21,25-29,33-36,38,42-44,49-54H,9-18,22-24,30-32H2,1-8H3,(H,61,63)(H,62,64)(H,65,71)(H,66,72)/t38-,42+,43?,44?,49?,50?,51+,52+,53?,54?/m1/s1. The zero-order valence-electron chi connectivity index (χ0n) is 45.3. The lowest BCUT2D eigenvalue weighted by Crippen LogP contribution is -2.53. The van der Waals surface area contributed by atoms with Crippen molar-refractivity contribution in [1.29, 1.82) is 0 Å². The third-order valence-electron chi connectivity index (χ3n) is 17.7. The number of allylic oxidation sites excluding steroid dienone is 8. The van der Waals surface area contributed by atoms with Crippen LogP contribution >= 0.6 is 0 Å². The number of likely N-dealkylation sites (tertiary alicyclic amines) is 2. The lowest BCUT2D eigenvalue weighted by Gasteiger charge is -2.36. The Bertz CT molecular complexity index is 2620. The Morgan fingerprint density at radius 3 is 1.73 bits per heavy atom. The van der Waals surface area contributed by atoms with E-state index >= 15 is 0 Å².